The Morgan fingerprint density at radius 1 is 0.541 bits per heavy atom. The minimum absolute atomic E-state index is 0. The maximum absolute atomic E-state index is 5.60. The number of hydrogen-bond acceptors (Lipinski definition) is 2. The van der Waals surface area contributed by atoms with Crippen LogP contribution in [-0.4, -0.2) is 19.1 Å². The minimum atomic E-state index is -0.205. The number of nitrogens with zero attached hydrogens (tertiary/aromatic N) is 5. The quantitative estimate of drug-likeness (QED) is 0.156. The van der Waals surface area contributed by atoms with E-state index in [-0.39, 0.29) is 31.9 Å². The summed E-state index contributed by atoms with van der Waals surface area (Å²) < 4.78 is 4.59. The zero-order valence-corrected chi connectivity index (χ0v) is 37.0. The van der Waals surface area contributed by atoms with Gasteiger partial charge in [0.05, 0.1) is 11.0 Å². The minimum Gasteiger partial charge on any atom is -0.656 e. The molecule has 0 unspecified atom stereocenters. The van der Waals surface area contributed by atoms with Gasteiger partial charge in [0.2, 0.25) is 0 Å². The van der Waals surface area contributed by atoms with Crippen molar-refractivity contribution in [3.05, 3.63) is 193 Å². The molecular formula is C55H43N5Pt. The summed E-state index contributed by atoms with van der Waals surface area (Å²) in [7, 11) is 0. The molecule has 0 saturated carbocycles. The van der Waals surface area contributed by atoms with E-state index in [1.54, 1.807) is 0 Å². The van der Waals surface area contributed by atoms with Gasteiger partial charge in [-0.3, -0.25) is 4.57 Å². The number of fused-ring (bicyclic) bond motifs is 7. The van der Waals surface area contributed by atoms with Crippen molar-refractivity contribution in [1.82, 2.24) is 24.1 Å². The predicted octanol–water partition coefficient (Wildman–Crippen LogP) is 13.5. The molecule has 0 bridgehead atoms. The number of rotatable bonds is 6. The van der Waals surface area contributed by atoms with E-state index in [0.29, 0.717) is 0 Å². The molecule has 0 atom stereocenters. The smallest absolute Gasteiger partial charge is 0.656 e. The van der Waals surface area contributed by atoms with E-state index >= 15 is 0 Å². The summed E-state index contributed by atoms with van der Waals surface area (Å²) >= 11 is 0. The number of pyridine rings is 1. The van der Waals surface area contributed by atoms with E-state index in [1.807, 2.05) is 12.3 Å². The number of para-hydroxylation sites is 3. The second-order valence-electron chi connectivity index (χ2n) is 17.5. The fourth-order valence-electron chi connectivity index (χ4n) is 9.08. The summed E-state index contributed by atoms with van der Waals surface area (Å²) in [5, 5.41) is 4.57. The Balaban J connectivity index is 0.00000445. The molecule has 0 saturated heterocycles. The SMILES string of the molecule is CC(C)(C)c1cccc(-n2c(-c3cccc4c3[n-]c3ccccc34)nc3c(-c4[c-]c5c(cc4)c4ccc(C(C)(C)c6ccccc6)cc4n5-c4ccccn4)cccc32)c1.[Pt+2]. The third-order valence-electron chi connectivity index (χ3n) is 12.4. The third kappa shape index (κ3) is 6.25. The molecule has 0 N–H and O–H groups in total. The Hall–Kier alpha value is -6.55. The van der Waals surface area contributed by atoms with E-state index in [4.69, 9.17) is 15.0 Å². The molecule has 0 aliphatic rings. The largest absolute Gasteiger partial charge is 2.00 e. The Kier molecular flexibility index (Phi) is 9.23. The molecule has 0 aliphatic carbocycles. The molecule has 11 aromatic rings. The van der Waals surface area contributed by atoms with Gasteiger partial charge in [0.25, 0.3) is 0 Å². The van der Waals surface area contributed by atoms with E-state index in [9.17, 15) is 0 Å². The Morgan fingerprint density at radius 2 is 1.26 bits per heavy atom. The van der Waals surface area contributed by atoms with Gasteiger partial charge < -0.3 is 9.55 Å². The van der Waals surface area contributed by atoms with Crippen molar-refractivity contribution in [2.24, 2.45) is 0 Å². The van der Waals surface area contributed by atoms with Gasteiger partial charge in [0, 0.05) is 28.4 Å². The number of imidazole rings is 1. The molecule has 0 aliphatic heterocycles. The predicted molar refractivity (Wildman–Crippen MR) is 249 cm³/mol. The van der Waals surface area contributed by atoms with Crippen LogP contribution in [0.2, 0.25) is 0 Å². The third-order valence-corrected chi connectivity index (χ3v) is 12.4. The summed E-state index contributed by atoms with van der Waals surface area (Å²) in [4.78, 5) is 15.7. The van der Waals surface area contributed by atoms with E-state index < -0.39 is 0 Å². The summed E-state index contributed by atoms with van der Waals surface area (Å²) in [5.41, 5.74) is 13.5. The fourth-order valence-corrected chi connectivity index (χ4v) is 9.08. The zero-order chi connectivity index (χ0) is 40.8. The van der Waals surface area contributed by atoms with Crippen molar-refractivity contribution in [3.63, 3.8) is 0 Å². The first kappa shape index (κ1) is 38.6. The van der Waals surface area contributed by atoms with Gasteiger partial charge in [-0.1, -0.05) is 161 Å². The van der Waals surface area contributed by atoms with Gasteiger partial charge in [-0.25, -0.2) is 9.97 Å². The van der Waals surface area contributed by atoms with Crippen LogP contribution in [0.3, 0.4) is 0 Å². The van der Waals surface area contributed by atoms with Gasteiger partial charge in [0.15, 0.2) is 0 Å². The molecule has 4 heterocycles. The van der Waals surface area contributed by atoms with Crippen molar-refractivity contribution >= 4 is 54.6 Å². The zero-order valence-electron chi connectivity index (χ0n) is 34.7. The molecule has 0 amide bonds. The summed E-state index contributed by atoms with van der Waals surface area (Å²) in [6.07, 6.45) is 1.86. The molecule has 5 nitrogen and oxygen atoms in total. The Bertz CT molecular complexity index is 3440. The molecule has 7 aromatic carbocycles. The standard InChI is InChI=1S/C55H43N5.Pt/c1-54(2,3)37-18-13-19-39(33-37)59-47-25-15-21-40(52(47)58-53(59)45-23-14-22-44-41-20-9-10-24-46(41)57-51(44)45)35-27-29-42-43-30-28-38(55(4,5)36-16-7-6-8-17-36)34-49(43)60(48(42)32-35)50-26-11-12-31-56-50;/h6-31,33-34H,1-5H3;/q-2;+2. The molecule has 0 fully saturated rings. The molecule has 298 valence electrons. The first-order valence-electron chi connectivity index (χ1n) is 20.7. The molecule has 11 rings (SSSR count). The van der Waals surface area contributed by atoms with E-state index in [2.05, 4.69) is 208 Å². The topological polar surface area (TPSA) is 49.7 Å². The average Bonchev–Trinajstić information content (AvgIpc) is 3.96. The number of hydrogen-bond donors (Lipinski definition) is 0. The molecule has 0 spiro atoms. The van der Waals surface area contributed by atoms with Gasteiger partial charge in [-0.15, -0.1) is 34.8 Å². The van der Waals surface area contributed by atoms with E-state index in [1.165, 1.54) is 16.7 Å². The monoisotopic (exact) mass is 968 g/mol. The van der Waals surface area contributed by atoms with Crippen molar-refractivity contribution in [1.29, 1.82) is 0 Å². The first-order chi connectivity index (χ1) is 29.1. The number of aromatic nitrogens is 5. The van der Waals surface area contributed by atoms with Crippen LogP contribution >= 0.6 is 0 Å². The van der Waals surface area contributed by atoms with Crippen LogP contribution in [0.15, 0.2) is 170 Å². The maximum atomic E-state index is 5.60. The average molecular weight is 969 g/mol. The number of benzene rings is 7. The van der Waals surface area contributed by atoms with Crippen molar-refractivity contribution in [2.75, 3.05) is 0 Å². The molecular weight excluding hydrogens is 926 g/mol. The summed E-state index contributed by atoms with van der Waals surface area (Å²) in [6, 6.07) is 62.3. The molecule has 4 aromatic heterocycles. The van der Waals surface area contributed by atoms with Crippen LogP contribution < -0.4 is 4.98 Å². The summed E-state index contributed by atoms with van der Waals surface area (Å²) in [5.74, 6) is 1.71. The second-order valence-corrected chi connectivity index (χ2v) is 17.5. The van der Waals surface area contributed by atoms with Crippen LogP contribution in [0.4, 0.5) is 0 Å². The molecule has 6 heteroatoms. The normalized spacial score (nSPS) is 12.2. The Morgan fingerprint density at radius 3 is 2.08 bits per heavy atom. The maximum Gasteiger partial charge on any atom is 2.00 e. The molecule has 0 radical (unpaired) electrons. The first-order valence-corrected chi connectivity index (χ1v) is 20.7. The second kappa shape index (κ2) is 14.6. The fraction of sp³-hybridized carbons (Fsp3) is 0.127. The van der Waals surface area contributed by atoms with E-state index in [0.717, 1.165) is 88.7 Å². The van der Waals surface area contributed by atoms with Crippen LogP contribution in [0, 0.1) is 6.07 Å². The van der Waals surface area contributed by atoms with Gasteiger partial charge in [0.1, 0.15) is 11.6 Å². The van der Waals surface area contributed by atoms with Gasteiger partial charge in [-0.2, -0.15) is 0 Å². The Labute approximate surface area is 370 Å². The van der Waals surface area contributed by atoms with Crippen LogP contribution in [0.1, 0.15) is 51.3 Å². The molecule has 61 heavy (non-hydrogen) atoms. The van der Waals surface area contributed by atoms with Crippen molar-refractivity contribution in [2.45, 2.75) is 45.4 Å². The van der Waals surface area contributed by atoms with Crippen molar-refractivity contribution in [3.8, 4) is 34.0 Å². The van der Waals surface area contributed by atoms with Gasteiger partial charge in [-0.05, 0) is 80.2 Å². The van der Waals surface area contributed by atoms with Crippen LogP contribution in [-0.2, 0) is 31.9 Å². The van der Waals surface area contributed by atoms with Crippen LogP contribution in [0.25, 0.3) is 88.7 Å². The van der Waals surface area contributed by atoms with Crippen LogP contribution in [0.5, 0.6) is 0 Å². The van der Waals surface area contributed by atoms with Gasteiger partial charge >= 0.3 is 21.1 Å². The summed E-state index contributed by atoms with van der Waals surface area (Å²) in [6.45, 7) is 11.4. The van der Waals surface area contributed by atoms with Crippen molar-refractivity contribution < 1.29 is 21.1 Å².